The SMILES string of the molecule is CO[C@]12O[C@H]3C[C@@]4(C)C5=C(CC[C@]4(C)[C@H]3[C@H](C)[C@H]1OC(C)(C)[C@H]2O)C[C@]12CC[C@H](O1)C(C)(C)[C@@H]2CC5. The molecule has 7 aliphatic rings. The van der Waals surface area contributed by atoms with Crippen molar-refractivity contribution < 1.29 is 24.1 Å². The van der Waals surface area contributed by atoms with Crippen LogP contribution in [0.3, 0.4) is 0 Å². The first-order valence-electron chi connectivity index (χ1n) is 14.7. The van der Waals surface area contributed by atoms with E-state index in [1.54, 1.807) is 18.3 Å². The molecule has 0 unspecified atom stereocenters. The monoisotopic (exact) mass is 500 g/mol. The molecule has 3 aliphatic carbocycles. The van der Waals surface area contributed by atoms with E-state index in [9.17, 15) is 5.11 Å². The first-order chi connectivity index (χ1) is 16.8. The van der Waals surface area contributed by atoms with Crippen LogP contribution in [0.25, 0.3) is 0 Å². The van der Waals surface area contributed by atoms with Gasteiger partial charge >= 0.3 is 0 Å². The van der Waals surface area contributed by atoms with Gasteiger partial charge in [0.2, 0.25) is 5.79 Å². The average Bonchev–Trinajstić information content (AvgIpc) is 3.40. The lowest BCUT2D eigenvalue weighted by Crippen LogP contribution is -2.63. The number of hydrogen-bond acceptors (Lipinski definition) is 5. The maximum atomic E-state index is 11.4. The Hall–Kier alpha value is -0.460. The highest BCUT2D eigenvalue weighted by molar-refractivity contribution is 5.37. The third kappa shape index (κ3) is 2.57. The molecule has 5 fully saturated rings. The standard InChI is InChI=1S/C31H48O5/c1-17-23-20(34-31(33-8)24(17)36-27(4,5)25(31)32)16-29(7)19-9-10-21-26(2,3)22-12-14-30(21,35-22)15-18(19)11-13-28(23,29)6/h17,20-25,32H,9-16H2,1-8H3/t17-,20-,21-,22-,23-,24+,25+,28+,29-,30-,31-/m0/s1. The second-order valence-electron chi connectivity index (χ2n) is 15.3. The zero-order valence-corrected chi connectivity index (χ0v) is 23.8. The van der Waals surface area contributed by atoms with Crippen molar-refractivity contribution in [2.24, 2.45) is 34.0 Å². The van der Waals surface area contributed by atoms with Crippen LogP contribution in [0.4, 0.5) is 0 Å². The first kappa shape index (κ1) is 24.6. The topological polar surface area (TPSA) is 57.2 Å². The van der Waals surface area contributed by atoms with Gasteiger partial charge in [-0.15, -0.1) is 0 Å². The van der Waals surface area contributed by atoms with E-state index < -0.39 is 17.5 Å². The second kappa shape index (κ2) is 6.99. The molecule has 1 spiro atoms. The zero-order valence-electron chi connectivity index (χ0n) is 23.8. The van der Waals surface area contributed by atoms with Crippen LogP contribution in [0.2, 0.25) is 0 Å². The largest absolute Gasteiger partial charge is 0.384 e. The molecule has 5 nitrogen and oxygen atoms in total. The highest BCUT2D eigenvalue weighted by atomic mass is 16.7. The Labute approximate surface area is 217 Å². The van der Waals surface area contributed by atoms with Crippen molar-refractivity contribution in [3.63, 3.8) is 0 Å². The summed E-state index contributed by atoms with van der Waals surface area (Å²) < 4.78 is 26.4. The van der Waals surface area contributed by atoms with Gasteiger partial charge in [0.15, 0.2) is 0 Å². The van der Waals surface area contributed by atoms with Crippen molar-refractivity contribution in [3.8, 4) is 0 Å². The fourth-order valence-corrected chi connectivity index (χ4v) is 11.5. The summed E-state index contributed by atoms with van der Waals surface area (Å²) in [5.41, 5.74) is 3.34. The number of aliphatic hydroxyl groups excluding tert-OH is 1. The highest BCUT2D eigenvalue weighted by Gasteiger charge is 2.74. The van der Waals surface area contributed by atoms with Crippen LogP contribution in [0.1, 0.15) is 99.8 Å². The molecule has 4 aliphatic heterocycles. The normalized spacial score (nSPS) is 58.1. The highest BCUT2D eigenvalue weighted by Crippen LogP contribution is 2.73. The van der Waals surface area contributed by atoms with Crippen molar-refractivity contribution in [1.82, 2.24) is 0 Å². The smallest absolute Gasteiger partial charge is 0.224 e. The molecule has 202 valence electrons. The van der Waals surface area contributed by atoms with Gasteiger partial charge in [-0.25, -0.2) is 0 Å². The van der Waals surface area contributed by atoms with E-state index in [-0.39, 0.29) is 40.0 Å². The molecule has 2 bridgehead atoms. The minimum Gasteiger partial charge on any atom is -0.384 e. The van der Waals surface area contributed by atoms with Crippen LogP contribution in [-0.4, -0.2) is 53.6 Å². The fraction of sp³-hybridized carbons (Fsp3) is 0.935. The average molecular weight is 501 g/mol. The van der Waals surface area contributed by atoms with E-state index in [0.29, 0.717) is 17.9 Å². The summed E-state index contributed by atoms with van der Waals surface area (Å²) in [7, 11) is 1.68. The lowest BCUT2D eigenvalue weighted by atomic mass is 9.52. The van der Waals surface area contributed by atoms with Gasteiger partial charge < -0.3 is 24.1 Å². The van der Waals surface area contributed by atoms with Gasteiger partial charge in [0.05, 0.1) is 23.4 Å². The van der Waals surface area contributed by atoms with Gasteiger partial charge in [0.25, 0.3) is 0 Å². The Kier molecular flexibility index (Phi) is 4.77. The lowest BCUT2D eigenvalue weighted by Gasteiger charge is -2.54. The predicted octanol–water partition coefficient (Wildman–Crippen LogP) is 5.78. The summed E-state index contributed by atoms with van der Waals surface area (Å²) >= 11 is 0. The Morgan fingerprint density at radius 1 is 0.944 bits per heavy atom. The minimum absolute atomic E-state index is 0.0645. The molecule has 11 atom stereocenters. The van der Waals surface area contributed by atoms with Crippen molar-refractivity contribution in [2.75, 3.05) is 7.11 Å². The second-order valence-corrected chi connectivity index (χ2v) is 15.3. The number of allylic oxidation sites excluding steroid dienone is 1. The molecular weight excluding hydrogens is 452 g/mol. The van der Waals surface area contributed by atoms with E-state index in [4.69, 9.17) is 18.9 Å². The van der Waals surface area contributed by atoms with Crippen LogP contribution in [-0.2, 0) is 18.9 Å². The summed E-state index contributed by atoms with van der Waals surface area (Å²) in [6.45, 7) is 16.3. The van der Waals surface area contributed by atoms with Gasteiger partial charge in [-0.3, -0.25) is 0 Å². The third-order valence-corrected chi connectivity index (χ3v) is 13.4. The summed E-state index contributed by atoms with van der Waals surface area (Å²) in [5.74, 6) is 0.202. The van der Waals surface area contributed by atoms with Crippen LogP contribution < -0.4 is 0 Å². The molecule has 0 aromatic rings. The van der Waals surface area contributed by atoms with E-state index in [1.165, 1.54) is 38.5 Å². The molecule has 0 amide bonds. The third-order valence-electron chi connectivity index (χ3n) is 13.4. The van der Waals surface area contributed by atoms with E-state index >= 15 is 0 Å². The maximum Gasteiger partial charge on any atom is 0.224 e. The van der Waals surface area contributed by atoms with Gasteiger partial charge in [-0.2, -0.15) is 0 Å². The molecule has 4 heterocycles. The molecule has 1 N–H and O–H groups in total. The van der Waals surface area contributed by atoms with Crippen LogP contribution in [0.15, 0.2) is 11.1 Å². The van der Waals surface area contributed by atoms with Crippen molar-refractivity contribution >= 4 is 0 Å². The minimum atomic E-state index is -1.09. The Morgan fingerprint density at radius 3 is 2.42 bits per heavy atom. The molecule has 1 saturated carbocycles. The number of methoxy groups -OCH3 is 1. The first-order valence-corrected chi connectivity index (χ1v) is 14.7. The van der Waals surface area contributed by atoms with E-state index in [2.05, 4.69) is 34.6 Å². The molecule has 0 aromatic heterocycles. The molecule has 0 aromatic carbocycles. The fourth-order valence-electron chi connectivity index (χ4n) is 11.5. The Balaban J connectivity index is 1.27. The van der Waals surface area contributed by atoms with E-state index in [0.717, 1.165) is 12.8 Å². The quantitative estimate of drug-likeness (QED) is 0.462. The maximum absolute atomic E-state index is 11.4. The van der Waals surface area contributed by atoms with Crippen LogP contribution in [0.5, 0.6) is 0 Å². The molecule has 36 heavy (non-hydrogen) atoms. The predicted molar refractivity (Wildman–Crippen MR) is 137 cm³/mol. The molecule has 7 rings (SSSR count). The summed E-state index contributed by atoms with van der Waals surface area (Å²) in [6, 6.07) is 0. The van der Waals surface area contributed by atoms with Crippen molar-refractivity contribution in [1.29, 1.82) is 0 Å². The Morgan fingerprint density at radius 2 is 1.69 bits per heavy atom. The van der Waals surface area contributed by atoms with Gasteiger partial charge in [-0.1, -0.05) is 45.8 Å². The van der Waals surface area contributed by atoms with Gasteiger partial charge in [-0.05, 0) is 99.2 Å². The summed E-state index contributed by atoms with van der Waals surface area (Å²) in [4.78, 5) is 0. The molecule has 0 radical (unpaired) electrons. The van der Waals surface area contributed by atoms with Crippen molar-refractivity contribution in [2.45, 2.75) is 141 Å². The van der Waals surface area contributed by atoms with Crippen LogP contribution in [0, 0.1) is 34.0 Å². The number of ether oxygens (including phenoxy) is 4. The summed E-state index contributed by atoms with van der Waals surface area (Å²) in [5, 5.41) is 11.4. The lowest BCUT2D eigenvalue weighted by molar-refractivity contribution is -0.337. The van der Waals surface area contributed by atoms with Crippen molar-refractivity contribution in [3.05, 3.63) is 11.1 Å². The van der Waals surface area contributed by atoms with E-state index in [1.807, 2.05) is 13.8 Å². The number of fused-ring (bicyclic) bond motifs is 6. The zero-order chi connectivity index (χ0) is 25.7. The molecule has 4 saturated heterocycles. The molecule has 5 heteroatoms. The number of hydrogen-bond donors (Lipinski definition) is 1. The van der Waals surface area contributed by atoms with Gasteiger partial charge in [0.1, 0.15) is 12.2 Å². The molecular formula is C31H48O5. The summed E-state index contributed by atoms with van der Waals surface area (Å²) in [6.07, 6.45) is 8.89. The van der Waals surface area contributed by atoms with Gasteiger partial charge in [0, 0.05) is 7.11 Å². The number of aliphatic hydroxyl groups is 1. The number of rotatable bonds is 1. The van der Waals surface area contributed by atoms with Crippen LogP contribution >= 0.6 is 0 Å². The Bertz CT molecular complexity index is 1020.